The molecule has 0 radical (unpaired) electrons. The number of amides is 3. The molecule has 0 saturated heterocycles. The molecular weight excluding hydrogens is 304 g/mol. The minimum absolute atomic E-state index is 0.137. The monoisotopic (exact) mass is 320 g/mol. The van der Waals surface area contributed by atoms with Crippen LogP contribution < -0.4 is 16.0 Å². The summed E-state index contributed by atoms with van der Waals surface area (Å²) in [4.78, 5) is 27.2. The third-order valence-corrected chi connectivity index (χ3v) is 3.47. The number of benzene rings is 1. The van der Waals surface area contributed by atoms with Crippen molar-refractivity contribution in [2.75, 3.05) is 25.0 Å². The van der Waals surface area contributed by atoms with Gasteiger partial charge in [-0.2, -0.15) is 0 Å². The van der Waals surface area contributed by atoms with Gasteiger partial charge in [0.2, 0.25) is 5.91 Å². The van der Waals surface area contributed by atoms with Gasteiger partial charge in [-0.25, -0.2) is 9.78 Å². The first kappa shape index (κ1) is 15.9. The third-order valence-electron chi connectivity index (χ3n) is 2.64. The van der Waals surface area contributed by atoms with Crippen molar-refractivity contribution < 1.29 is 14.7 Å². The lowest BCUT2D eigenvalue weighted by molar-refractivity contribution is -0.120. The molecule has 1 heterocycles. The number of aliphatic hydroxyl groups is 1. The number of nitrogens with one attached hydrogen (secondary N) is 3. The number of carbonyl (C=O) groups is 2. The van der Waals surface area contributed by atoms with E-state index in [2.05, 4.69) is 20.9 Å². The molecule has 4 N–H and O–H groups in total. The van der Waals surface area contributed by atoms with Crippen LogP contribution in [0.4, 0.5) is 10.5 Å². The predicted molar refractivity (Wildman–Crippen MR) is 84.7 cm³/mol. The van der Waals surface area contributed by atoms with E-state index >= 15 is 0 Å². The zero-order valence-electron chi connectivity index (χ0n) is 11.7. The number of carbonyl (C=O) groups excluding carboxylic acids is 2. The Morgan fingerprint density at radius 1 is 1.27 bits per heavy atom. The number of anilines is 1. The van der Waals surface area contributed by atoms with Gasteiger partial charge in [-0.3, -0.25) is 4.79 Å². The van der Waals surface area contributed by atoms with E-state index in [0.29, 0.717) is 5.69 Å². The highest BCUT2D eigenvalue weighted by molar-refractivity contribution is 7.13. The maximum absolute atomic E-state index is 11.7. The zero-order valence-corrected chi connectivity index (χ0v) is 12.5. The van der Waals surface area contributed by atoms with Crippen LogP contribution in [0, 0.1) is 0 Å². The number of rotatable bonds is 6. The molecular formula is C14H16N4O3S. The molecule has 3 amide bonds. The summed E-state index contributed by atoms with van der Waals surface area (Å²) >= 11 is 1.51. The quantitative estimate of drug-likeness (QED) is 0.638. The van der Waals surface area contributed by atoms with Crippen LogP contribution in [0.3, 0.4) is 0 Å². The Bertz CT molecular complexity index is 631. The summed E-state index contributed by atoms with van der Waals surface area (Å²) in [6.45, 7) is -0.128. The van der Waals surface area contributed by atoms with Crippen molar-refractivity contribution in [1.82, 2.24) is 15.6 Å². The van der Waals surface area contributed by atoms with Gasteiger partial charge in [0.25, 0.3) is 0 Å². The van der Waals surface area contributed by atoms with Crippen molar-refractivity contribution in [3.63, 3.8) is 0 Å². The van der Waals surface area contributed by atoms with Crippen molar-refractivity contribution in [2.24, 2.45) is 0 Å². The molecule has 0 aliphatic rings. The fraction of sp³-hybridized carbons (Fsp3) is 0.214. The summed E-state index contributed by atoms with van der Waals surface area (Å²) < 4.78 is 0. The van der Waals surface area contributed by atoms with Gasteiger partial charge in [0.05, 0.1) is 13.2 Å². The highest BCUT2D eigenvalue weighted by Crippen LogP contribution is 2.24. The van der Waals surface area contributed by atoms with Crippen LogP contribution in [-0.4, -0.2) is 41.7 Å². The SMILES string of the molecule is O=C(CNC(=O)Nc1cccc(-c2nccs2)c1)NCCO. The Morgan fingerprint density at radius 3 is 2.86 bits per heavy atom. The number of thiazole rings is 1. The highest BCUT2D eigenvalue weighted by Gasteiger charge is 2.06. The molecule has 0 atom stereocenters. The van der Waals surface area contributed by atoms with Gasteiger partial charge in [-0.1, -0.05) is 12.1 Å². The van der Waals surface area contributed by atoms with Gasteiger partial charge >= 0.3 is 6.03 Å². The normalized spacial score (nSPS) is 10.0. The van der Waals surface area contributed by atoms with E-state index in [-0.39, 0.29) is 25.6 Å². The number of aromatic nitrogens is 1. The molecule has 0 spiro atoms. The van der Waals surface area contributed by atoms with Crippen LogP contribution in [0.15, 0.2) is 35.8 Å². The standard InChI is InChI=1S/C14H16N4O3S/c19-6-4-15-12(20)9-17-14(21)18-11-3-1-2-10(8-11)13-16-5-7-22-13/h1-3,5,7-8,19H,4,6,9H2,(H,15,20)(H2,17,18,21). The summed E-state index contributed by atoms with van der Waals surface area (Å²) in [7, 11) is 0. The molecule has 0 aliphatic carbocycles. The second-order valence-electron chi connectivity index (χ2n) is 4.30. The topological polar surface area (TPSA) is 103 Å². The van der Waals surface area contributed by atoms with E-state index in [1.807, 2.05) is 23.6 Å². The summed E-state index contributed by atoms with van der Waals surface area (Å²) in [6.07, 6.45) is 1.72. The van der Waals surface area contributed by atoms with Gasteiger partial charge in [0.15, 0.2) is 0 Å². The van der Waals surface area contributed by atoms with Crippen LogP contribution in [0.2, 0.25) is 0 Å². The van der Waals surface area contributed by atoms with Crippen molar-refractivity contribution in [3.8, 4) is 10.6 Å². The minimum atomic E-state index is -0.476. The molecule has 116 valence electrons. The average molecular weight is 320 g/mol. The number of urea groups is 1. The molecule has 8 heteroatoms. The van der Waals surface area contributed by atoms with Gasteiger partial charge in [-0.05, 0) is 12.1 Å². The zero-order chi connectivity index (χ0) is 15.8. The van der Waals surface area contributed by atoms with E-state index in [0.717, 1.165) is 10.6 Å². The largest absolute Gasteiger partial charge is 0.395 e. The number of hydrogen-bond donors (Lipinski definition) is 4. The van der Waals surface area contributed by atoms with Crippen LogP contribution in [0.1, 0.15) is 0 Å². The molecule has 2 aromatic rings. The van der Waals surface area contributed by atoms with E-state index < -0.39 is 6.03 Å². The molecule has 0 fully saturated rings. The summed E-state index contributed by atoms with van der Waals surface area (Å²) in [5.41, 5.74) is 1.52. The lowest BCUT2D eigenvalue weighted by atomic mass is 10.2. The van der Waals surface area contributed by atoms with Gasteiger partial charge in [0, 0.05) is 29.4 Å². The molecule has 2 rings (SSSR count). The van der Waals surface area contributed by atoms with Crippen molar-refractivity contribution in [1.29, 1.82) is 0 Å². The van der Waals surface area contributed by atoms with Crippen molar-refractivity contribution in [3.05, 3.63) is 35.8 Å². The lowest BCUT2D eigenvalue weighted by Gasteiger charge is -2.08. The molecule has 1 aromatic heterocycles. The third kappa shape index (κ3) is 4.83. The number of nitrogens with zero attached hydrogens (tertiary/aromatic N) is 1. The maximum Gasteiger partial charge on any atom is 0.319 e. The van der Waals surface area contributed by atoms with E-state index in [1.54, 1.807) is 12.3 Å². The van der Waals surface area contributed by atoms with Crippen molar-refractivity contribution in [2.45, 2.75) is 0 Å². The first-order valence-corrected chi connectivity index (χ1v) is 7.49. The van der Waals surface area contributed by atoms with Crippen LogP contribution >= 0.6 is 11.3 Å². The molecule has 0 bridgehead atoms. The van der Waals surface area contributed by atoms with E-state index in [1.165, 1.54) is 11.3 Å². The van der Waals surface area contributed by atoms with Gasteiger partial charge in [-0.15, -0.1) is 11.3 Å². The van der Waals surface area contributed by atoms with Gasteiger partial charge in [0.1, 0.15) is 5.01 Å². The Labute approximate surface area is 131 Å². The van der Waals surface area contributed by atoms with Gasteiger partial charge < -0.3 is 21.1 Å². The molecule has 1 aromatic carbocycles. The summed E-state index contributed by atoms with van der Waals surface area (Å²) in [5.74, 6) is -0.360. The highest BCUT2D eigenvalue weighted by atomic mass is 32.1. The van der Waals surface area contributed by atoms with Crippen LogP contribution in [-0.2, 0) is 4.79 Å². The lowest BCUT2D eigenvalue weighted by Crippen LogP contribution is -2.39. The predicted octanol–water partition coefficient (Wildman–Crippen LogP) is 1.04. The second kappa shape index (κ2) is 8.11. The Hall–Kier alpha value is -2.45. The van der Waals surface area contributed by atoms with E-state index in [4.69, 9.17) is 5.11 Å². The number of aliphatic hydroxyl groups excluding tert-OH is 1. The smallest absolute Gasteiger partial charge is 0.319 e. The van der Waals surface area contributed by atoms with E-state index in [9.17, 15) is 9.59 Å². The molecule has 0 saturated carbocycles. The Balaban J connectivity index is 1.87. The molecule has 22 heavy (non-hydrogen) atoms. The molecule has 0 unspecified atom stereocenters. The Kier molecular flexibility index (Phi) is 5.87. The summed E-state index contributed by atoms with van der Waals surface area (Å²) in [6, 6.07) is 6.81. The minimum Gasteiger partial charge on any atom is -0.395 e. The fourth-order valence-electron chi connectivity index (χ4n) is 1.69. The maximum atomic E-state index is 11.7. The number of hydrogen-bond acceptors (Lipinski definition) is 5. The van der Waals surface area contributed by atoms with Crippen LogP contribution in [0.5, 0.6) is 0 Å². The first-order valence-electron chi connectivity index (χ1n) is 6.61. The second-order valence-corrected chi connectivity index (χ2v) is 5.19. The first-order chi connectivity index (χ1) is 10.7. The fourth-order valence-corrected chi connectivity index (χ4v) is 2.33. The Morgan fingerprint density at radius 2 is 2.14 bits per heavy atom. The average Bonchev–Trinajstić information content (AvgIpc) is 3.05. The van der Waals surface area contributed by atoms with Crippen molar-refractivity contribution >= 4 is 29.0 Å². The summed E-state index contributed by atoms with van der Waals surface area (Å²) in [5, 5.41) is 18.9. The van der Waals surface area contributed by atoms with Crippen LogP contribution in [0.25, 0.3) is 10.6 Å². The molecule has 7 nitrogen and oxygen atoms in total. The molecule has 0 aliphatic heterocycles.